The van der Waals surface area contributed by atoms with E-state index in [2.05, 4.69) is 4.98 Å². The number of carbonyl (C=O) groups is 1. The lowest BCUT2D eigenvalue weighted by atomic mass is 10.1. The molecule has 0 saturated heterocycles. The van der Waals surface area contributed by atoms with E-state index in [0.29, 0.717) is 0 Å². The summed E-state index contributed by atoms with van der Waals surface area (Å²) in [4.78, 5) is 23.0. The van der Waals surface area contributed by atoms with Gasteiger partial charge in [-0.2, -0.15) is 0 Å². The summed E-state index contributed by atoms with van der Waals surface area (Å²) >= 11 is 0. The molecule has 1 heterocycles. The lowest BCUT2D eigenvalue weighted by Gasteiger charge is -2.05. The lowest BCUT2D eigenvalue weighted by molar-refractivity contribution is -0.385. The molecule has 0 saturated carbocycles. The van der Waals surface area contributed by atoms with Crippen molar-refractivity contribution >= 4 is 17.8 Å². The summed E-state index contributed by atoms with van der Waals surface area (Å²) in [5.41, 5.74) is 2.53. The molecule has 1 aromatic rings. The van der Waals surface area contributed by atoms with Crippen LogP contribution in [-0.4, -0.2) is 16.2 Å². The van der Waals surface area contributed by atoms with Crippen molar-refractivity contribution in [2.45, 2.75) is 6.43 Å². The van der Waals surface area contributed by atoms with Gasteiger partial charge in [-0.1, -0.05) is 0 Å². The van der Waals surface area contributed by atoms with Crippen molar-refractivity contribution in [3.63, 3.8) is 0 Å². The monoisotopic (exact) mass is 217 g/mol. The summed E-state index contributed by atoms with van der Waals surface area (Å²) in [6.45, 7) is 0. The highest BCUT2D eigenvalue weighted by Gasteiger charge is 2.29. The quantitative estimate of drug-likeness (QED) is 0.467. The van der Waals surface area contributed by atoms with Gasteiger partial charge in [0.2, 0.25) is 5.82 Å². The number of pyridine rings is 1. The predicted octanol–water partition coefficient (Wildman–Crippen LogP) is 1.32. The number of nitro groups is 1. The molecule has 0 radical (unpaired) electrons. The van der Waals surface area contributed by atoms with Gasteiger partial charge in [0, 0.05) is 11.8 Å². The topological polar surface area (TPSA) is 99.1 Å². The molecule has 0 amide bonds. The van der Waals surface area contributed by atoms with Gasteiger partial charge in [-0.3, -0.25) is 14.9 Å². The number of alkyl halides is 2. The Bertz CT molecular complexity index is 422. The first kappa shape index (κ1) is 11.0. The summed E-state index contributed by atoms with van der Waals surface area (Å²) in [6, 6.07) is 0. The Morgan fingerprint density at radius 1 is 1.60 bits per heavy atom. The molecule has 15 heavy (non-hydrogen) atoms. The number of carbonyl (C=O) groups excluding carboxylic acids is 1. The van der Waals surface area contributed by atoms with Crippen molar-refractivity contribution in [2.75, 3.05) is 5.73 Å². The first-order chi connectivity index (χ1) is 6.99. The fourth-order valence-electron chi connectivity index (χ4n) is 1.06. The molecular weight excluding hydrogens is 212 g/mol. The Balaban J connectivity index is 3.58. The van der Waals surface area contributed by atoms with Crippen LogP contribution in [-0.2, 0) is 0 Å². The van der Waals surface area contributed by atoms with E-state index in [-0.39, 0.29) is 6.29 Å². The van der Waals surface area contributed by atoms with E-state index in [4.69, 9.17) is 5.73 Å². The standard InChI is InChI=1S/C7H5F2N3O3/c8-6(9)4-3(2-13)1-11-7(10)5(4)12(14)15/h1-2,6H,(H2,10,11). The highest BCUT2D eigenvalue weighted by Crippen LogP contribution is 2.34. The molecule has 0 aromatic carbocycles. The van der Waals surface area contributed by atoms with Crippen LogP contribution in [0, 0.1) is 10.1 Å². The van der Waals surface area contributed by atoms with Gasteiger partial charge in [-0.25, -0.2) is 13.8 Å². The van der Waals surface area contributed by atoms with Crippen molar-refractivity contribution < 1.29 is 18.5 Å². The molecule has 2 N–H and O–H groups in total. The van der Waals surface area contributed by atoms with Gasteiger partial charge < -0.3 is 5.73 Å². The number of anilines is 1. The molecular formula is C7H5F2N3O3. The Morgan fingerprint density at radius 2 is 2.20 bits per heavy atom. The van der Waals surface area contributed by atoms with Crippen molar-refractivity contribution in [3.05, 3.63) is 27.4 Å². The van der Waals surface area contributed by atoms with Gasteiger partial charge in [-0.15, -0.1) is 0 Å². The highest BCUT2D eigenvalue weighted by atomic mass is 19.3. The van der Waals surface area contributed by atoms with Gasteiger partial charge in [0.25, 0.3) is 6.43 Å². The number of nitrogens with zero attached hydrogens (tertiary/aromatic N) is 2. The second kappa shape index (κ2) is 3.95. The molecule has 1 rings (SSSR count). The van der Waals surface area contributed by atoms with Crippen LogP contribution in [0.15, 0.2) is 6.20 Å². The lowest BCUT2D eigenvalue weighted by Crippen LogP contribution is -2.06. The Labute approximate surface area is 81.9 Å². The third-order valence-corrected chi connectivity index (χ3v) is 1.68. The van der Waals surface area contributed by atoms with E-state index in [0.717, 1.165) is 6.20 Å². The van der Waals surface area contributed by atoms with Crippen LogP contribution < -0.4 is 5.73 Å². The van der Waals surface area contributed by atoms with Crippen molar-refractivity contribution in [1.82, 2.24) is 4.98 Å². The minimum atomic E-state index is -3.16. The number of hydrogen-bond acceptors (Lipinski definition) is 5. The Morgan fingerprint density at radius 3 is 2.60 bits per heavy atom. The fraction of sp³-hybridized carbons (Fsp3) is 0.143. The van der Waals surface area contributed by atoms with Crippen molar-refractivity contribution in [3.8, 4) is 0 Å². The molecule has 1 aromatic heterocycles. The number of halogens is 2. The smallest absolute Gasteiger partial charge is 0.320 e. The van der Waals surface area contributed by atoms with Gasteiger partial charge in [0.15, 0.2) is 6.29 Å². The fourth-order valence-corrected chi connectivity index (χ4v) is 1.06. The summed E-state index contributed by atoms with van der Waals surface area (Å²) in [6.07, 6.45) is -2.31. The second-order valence-corrected chi connectivity index (χ2v) is 2.54. The number of nitrogens with two attached hydrogens (primary N) is 1. The molecule has 0 atom stereocenters. The van der Waals surface area contributed by atoms with Crippen LogP contribution in [0.3, 0.4) is 0 Å². The van der Waals surface area contributed by atoms with Crippen LogP contribution in [0.25, 0.3) is 0 Å². The van der Waals surface area contributed by atoms with Crippen LogP contribution in [0.1, 0.15) is 22.3 Å². The molecule has 6 nitrogen and oxygen atoms in total. The Kier molecular flexibility index (Phi) is 2.88. The van der Waals surface area contributed by atoms with E-state index >= 15 is 0 Å². The summed E-state index contributed by atoms with van der Waals surface area (Å²) in [5, 5.41) is 10.5. The number of nitrogen functional groups attached to an aromatic ring is 1. The van der Waals surface area contributed by atoms with E-state index in [1.807, 2.05) is 0 Å². The number of aldehydes is 1. The zero-order valence-electron chi connectivity index (χ0n) is 7.18. The average Bonchev–Trinajstić information content (AvgIpc) is 2.16. The zero-order chi connectivity index (χ0) is 11.6. The van der Waals surface area contributed by atoms with Crippen molar-refractivity contribution in [2.24, 2.45) is 0 Å². The van der Waals surface area contributed by atoms with Crippen LogP contribution >= 0.6 is 0 Å². The molecule has 0 fully saturated rings. The SMILES string of the molecule is Nc1ncc(C=O)c(C(F)F)c1[N+](=O)[O-]. The van der Waals surface area contributed by atoms with Crippen molar-refractivity contribution in [1.29, 1.82) is 0 Å². The van der Waals surface area contributed by atoms with Gasteiger partial charge >= 0.3 is 5.69 Å². The molecule has 0 spiro atoms. The number of hydrogen-bond donors (Lipinski definition) is 1. The first-order valence-corrected chi connectivity index (χ1v) is 3.65. The maximum atomic E-state index is 12.5. The maximum absolute atomic E-state index is 12.5. The Hall–Kier alpha value is -2.12. The molecule has 0 aliphatic heterocycles. The van der Waals surface area contributed by atoms with Gasteiger partial charge in [-0.05, 0) is 0 Å². The highest BCUT2D eigenvalue weighted by molar-refractivity contribution is 5.81. The maximum Gasteiger partial charge on any atom is 0.320 e. The first-order valence-electron chi connectivity index (χ1n) is 3.65. The van der Waals surface area contributed by atoms with Crippen LogP contribution in [0.5, 0.6) is 0 Å². The summed E-state index contributed by atoms with van der Waals surface area (Å²) in [7, 11) is 0. The second-order valence-electron chi connectivity index (χ2n) is 2.54. The van der Waals surface area contributed by atoms with Crippen LogP contribution in [0.2, 0.25) is 0 Å². The van der Waals surface area contributed by atoms with E-state index in [1.165, 1.54) is 0 Å². The third-order valence-electron chi connectivity index (χ3n) is 1.68. The van der Waals surface area contributed by atoms with E-state index < -0.39 is 34.0 Å². The van der Waals surface area contributed by atoms with Gasteiger partial charge in [0.05, 0.1) is 4.92 Å². The van der Waals surface area contributed by atoms with E-state index in [1.54, 1.807) is 0 Å². The largest absolute Gasteiger partial charge is 0.378 e. The normalized spacial score (nSPS) is 10.3. The number of aromatic nitrogens is 1. The zero-order valence-corrected chi connectivity index (χ0v) is 7.18. The molecule has 80 valence electrons. The molecule has 0 unspecified atom stereocenters. The third kappa shape index (κ3) is 1.87. The summed E-state index contributed by atoms with van der Waals surface area (Å²) < 4.78 is 24.9. The molecule has 8 heteroatoms. The van der Waals surface area contributed by atoms with Gasteiger partial charge in [0.1, 0.15) is 5.56 Å². The molecule has 0 aliphatic carbocycles. The van der Waals surface area contributed by atoms with E-state index in [9.17, 15) is 23.7 Å². The predicted molar refractivity (Wildman–Crippen MR) is 45.6 cm³/mol. The minimum absolute atomic E-state index is 0.0704. The molecule has 0 aliphatic rings. The minimum Gasteiger partial charge on any atom is -0.378 e. The van der Waals surface area contributed by atoms with Crippen LogP contribution in [0.4, 0.5) is 20.3 Å². The summed E-state index contributed by atoms with van der Waals surface area (Å²) in [5.74, 6) is -0.638. The average molecular weight is 217 g/mol. The number of rotatable bonds is 3. The molecule has 0 bridgehead atoms.